The topological polar surface area (TPSA) is 77.5 Å². The van der Waals surface area contributed by atoms with Crippen molar-refractivity contribution >= 4 is 28.3 Å². The minimum absolute atomic E-state index is 0.129. The lowest BCUT2D eigenvalue weighted by molar-refractivity contribution is -0.118. The molecule has 0 aliphatic rings. The van der Waals surface area contributed by atoms with Gasteiger partial charge in [-0.1, -0.05) is 29.0 Å². The van der Waals surface area contributed by atoms with Crippen molar-refractivity contribution in [1.29, 1.82) is 0 Å². The summed E-state index contributed by atoms with van der Waals surface area (Å²) in [5.41, 5.74) is 1.65. The molecule has 2 rings (SSSR count). The van der Waals surface area contributed by atoms with Gasteiger partial charge in [-0.25, -0.2) is 9.78 Å². The Labute approximate surface area is 138 Å². The van der Waals surface area contributed by atoms with E-state index in [0.29, 0.717) is 28.1 Å². The van der Waals surface area contributed by atoms with Crippen molar-refractivity contribution in [3.63, 3.8) is 0 Å². The number of aromatic nitrogens is 1. The Kier molecular flexibility index (Phi) is 5.70. The first-order valence-corrected chi connectivity index (χ1v) is 7.95. The standard InChI is InChI=1S/C16H18N2O4S/c1-4-21-15(20)14-11(3)17-16(23-14)18-13(19)9-22-12-7-5-10(2)6-8-12/h5-8H,4,9H2,1-3H3,(H,17,18,19). The van der Waals surface area contributed by atoms with E-state index in [4.69, 9.17) is 9.47 Å². The molecule has 0 fully saturated rings. The van der Waals surface area contributed by atoms with Gasteiger partial charge in [0.15, 0.2) is 11.7 Å². The van der Waals surface area contributed by atoms with E-state index in [9.17, 15) is 9.59 Å². The fourth-order valence-corrected chi connectivity index (χ4v) is 2.65. The maximum absolute atomic E-state index is 11.9. The highest BCUT2D eigenvalue weighted by molar-refractivity contribution is 7.17. The number of ether oxygens (including phenoxy) is 2. The number of hydrogen-bond acceptors (Lipinski definition) is 6. The number of benzene rings is 1. The van der Waals surface area contributed by atoms with Crippen LogP contribution in [0.4, 0.5) is 5.13 Å². The van der Waals surface area contributed by atoms with Crippen molar-refractivity contribution in [3.8, 4) is 5.75 Å². The fourth-order valence-electron chi connectivity index (χ4n) is 1.77. The Morgan fingerprint density at radius 3 is 2.57 bits per heavy atom. The van der Waals surface area contributed by atoms with Gasteiger partial charge in [0.2, 0.25) is 0 Å². The van der Waals surface area contributed by atoms with Crippen LogP contribution in [0.3, 0.4) is 0 Å². The molecule has 122 valence electrons. The normalized spacial score (nSPS) is 10.2. The minimum atomic E-state index is -0.432. The van der Waals surface area contributed by atoms with Gasteiger partial charge >= 0.3 is 5.97 Å². The Balaban J connectivity index is 1.91. The highest BCUT2D eigenvalue weighted by atomic mass is 32.1. The molecule has 0 atom stereocenters. The zero-order chi connectivity index (χ0) is 16.8. The highest BCUT2D eigenvalue weighted by Gasteiger charge is 2.17. The Morgan fingerprint density at radius 2 is 1.91 bits per heavy atom. The second-order valence-electron chi connectivity index (χ2n) is 4.80. The maximum atomic E-state index is 11.9. The number of thiazole rings is 1. The smallest absolute Gasteiger partial charge is 0.350 e. The molecule has 1 N–H and O–H groups in total. The summed E-state index contributed by atoms with van der Waals surface area (Å²) in [5.74, 6) is -0.151. The van der Waals surface area contributed by atoms with E-state index in [1.165, 1.54) is 0 Å². The van der Waals surface area contributed by atoms with Crippen LogP contribution in [0.15, 0.2) is 24.3 Å². The van der Waals surface area contributed by atoms with Crippen molar-refractivity contribution in [2.45, 2.75) is 20.8 Å². The molecule has 0 saturated carbocycles. The lowest BCUT2D eigenvalue weighted by Crippen LogP contribution is -2.20. The van der Waals surface area contributed by atoms with Gasteiger partial charge in [0.25, 0.3) is 5.91 Å². The molecule has 1 heterocycles. The predicted octanol–water partition coefficient (Wildman–Crippen LogP) is 2.95. The van der Waals surface area contributed by atoms with Gasteiger partial charge in [-0.15, -0.1) is 0 Å². The third-order valence-electron chi connectivity index (χ3n) is 2.89. The number of hydrogen-bond donors (Lipinski definition) is 1. The van der Waals surface area contributed by atoms with Crippen LogP contribution in [0.2, 0.25) is 0 Å². The molecule has 2 aromatic rings. The number of carbonyl (C=O) groups excluding carboxylic acids is 2. The zero-order valence-corrected chi connectivity index (χ0v) is 14.0. The van der Waals surface area contributed by atoms with Gasteiger partial charge in [0, 0.05) is 0 Å². The first-order chi connectivity index (χ1) is 11.0. The van der Waals surface area contributed by atoms with E-state index in [-0.39, 0.29) is 12.5 Å². The summed E-state index contributed by atoms with van der Waals surface area (Å²) < 4.78 is 10.3. The van der Waals surface area contributed by atoms with Crippen LogP contribution in [0.5, 0.6) is 5.75 Å². The second-order valence-corrected chi connectivity index (χ2v) is 5.80. The average Bonchev–Trinajstić information content (AvgIpc) is 2.87. The van der Waals surface area contributed by atoms with Crippen molar-refractivity contribution in [3.05, 3.63) is 40.4 Å². The lowest BCUT2D eigenvalue weighted by atomic mass is 10.2. The first kappa shape index (κ1) is 17.0. The number of esters is 1. The Morgan fingerprint density at radius 1 is 1.22 bits per heavy atom. The number of amides is 1. The molecule has 0 radical (unpaired) electrons. The molecular weight excluding hydrogens is 316 g/mol. The maximum Gasteiger partial charge on any atom is 0.350 e. The van der Waals surface area contributed by atoms with E-state index in [1.54, 1.807) is 26.0 Å². The molecule has 1 aromatic carbocycles. The summed E-state index contributed by atoms with van der Waals surface area (Å²) in [7, 11) is 0. The Bertz CT molecular complexity index is 695. The van der Waals surface area contributed by atoms with Crippen molar-refractivity contribution in [2.75, 3.05) is 18.5 Å². The molecule has 0 bridgehead atoms. The van der Waals surface area contributed by atoms with Crippen LogP contribution >= 0.6 is 11.3 Å². The van der Waals surface area contributed by atoms with E-state index >= 15 is 0 Å². The van der Waals surface area contributed by atoms with E-state index in [1.807, 2.05) is 19.1 Å². The van der Waals surface area contributed by atoms with Crippen molar-refractivity contribution in [2.24, 2.45) is 0 Å². The number of carbonyl (C=O) groups is 2. The van der Waals surface area contributed by atoms with Crippen molar-refractivity contribution < 1.29 is 19.1 Å². The average molecular weight is 334 g/mol. The molecule has 0 saturated heterocycles. The van der Waals surface area contributed by atoms with Crippen LogP contribution < -0.4 is 10.1 Å². The van der Waals surface area contributed by atoms with Crippen molar-refractivity contribution in [1.82, 2.24) is 4.98 Å². The van der Waals surface area contributed by atoms with Gasteiger partial charge in [0.1, 0.15) is 10.6 Å². The van der Waals surface area contributed by atoms with Gasteiger partial charge in [0.05, 0.1) is 12.3 Å². The molecule has 0 unspecified atom stereocenters. The molecule has 7 heteroatoms. The summed E-state index contributed by atoms with van der Waals surface area (Å²) in [4.78, 5) is 28.1. The number of anilines is 1. The van der Waals surface area contributed by atoms with Gasteiger partial charge in [-0.3, -0.25) is 10.1 Å². The van der Waals surface area contributed by atoms with Gasteiger partial charge < -0.3 is 9.47 Å². The summed E-state index contributed by atoms with van der Waals surface area (Å²) in [6.07, 6.45) is 0. The SMILES string of the molecule is CCOC(=O)c1sc(NC(=O)COc2ccc(C)cc2)nc1C. The summed E-state index contributed by atoms with van der Waals surface area (Å²) in [5, 5.41) is 2.97. The van der Waals surface area contributed by atoms with Gasteiger partial charge in [-0.2, -0.15) is 0 Å². The zero-order valence-electron chi connectivity index (χ0n) is 13.2. The molecule has 23 heavy (non-hydrogen) atoms. The molecule has 6 nitrogen and oxygen atoms in total. The highest BCUT2D eigenvalue weighted by Crippen LogP contribution is 2.23. The Hall–Kier alpha value is -2.41. The number of nitrogens with zero attached hydrogens (tertiary/aromatic N) is 1. The molecular formula is C16H18N2O4S. The summed E-state index contributed by atoms with van der Waals surface area (Å²) >= 11 is 1.09. The van der Waals surface area contributed by atoms with E-state index in [0.717, 1.165) is 16.9 Å². The summed E-state index contributed by atoms with van der Waals surface area (Å²) in [6.45, 7) is 5.57. The quantitative estimate of drug-likeness (QED) is 0.822. The largest absolute Gasteiger partial charge is 0.484 e. The third-order valence-corrected chi connectivity index (χ3v) is 3.95. The third kappa shape index (κ3) is 4.79. The summed E-state index contributed by atoms with van der Waals surface area (Å²) in [6, 6.07) is 7.41. The predicted molar refractivity (Wildman–Crippen MR) is 88.1 cm³/mol. The van der Waals surface area contributed by atoms with E-state index < -0.39 is 5.97 Å². The monoisotopic (exact) mass is 334 g/mol. The molecule has 1 amide bonds. The second kappa shape index (κ2) is 7.73. The minimum Gasteiger partial charge on any atom is -0.484 e. The number of rotatable bonds is 6. The van der Waals surface area contributed by atoms with Gasteiger partial charge in [-0.05, 0) is 32.9 Å². The van der Waals surface area contributed by atoms with Crippen LogP contribution in [0.25, 0.3) is 0 Å². The van der Waals surface area contributed by atoms with Crippen LogP contribution in [-0.4, -0.2) is 30.1 Å². The molecule has 0 aliphatic carbocycles. The molecule has 0 aliphatic heterocycles. The number of aryl methyl sites for hydroxylation is 2. The molecule has 1 aromatic heterocycles. The van der Waals surface area contributed by atoms with Crippen LogP contribution in [0, 0.1) is 13.8 Å². The van der Waals surface area contributed by atoms with Crippen LogP contribution in [-0.2, 0) is 9.53 Å². The van der Waals surface area contributed by atoms with Crippen LogP contribution in [0.1, 0.15) is 27.9 Å². The van der Waals surface area contributed by atoms with E-state index in [2.05, 4.69) is 10.3 Å². The number of nitrogens with one attached hydrogen (secondary N) is 1. The first-order valence-electron chi connectivity index (χ1n) is 7.13. The fraction of sp³-hybridized carbons (Fsp3) is 0.312. The lowest BCUT2D eigenvalue weighted by Gasteiger charge is -2.05. The molecule has 0 spiro atoms.